The van der Waals surface area contributed by atoms with Gasteiger partial charge in [0.05, 0.1) is 5.02 Å². The van der Waals surface area contributed by atoms with Gasteiger partial charge in [-0.2, -0.15) is 0 Å². The Balaban J connectivity index is 2.13. The van der Waals surface area contributed by atoms with E-state index >= 15 is 0 Å². The predicted octanol–water partition coefficient (Wildman–Crippen LogP) is 5.41. The van der Waals surface area contributed by atoms with Crippen molar-refractivity contribution in [2.24, 2.45) is 5.92 Å². The summed E-state index contributed by atoms with van der Waals surface area (Å²) in [6, 6.07) is 9.24. The fourth-order valence-corrected chi connectivity index (χ4v) is 3.25. The van der Waals surface area contributed by atoms with Crippen LogP contribution in [0, 0.1) is 11.7 Å². The van der Waals surface area contributed by atoms with Crippen molar-refractivity contribution >= 4 is 33.5 Å². The maximum absolute atomic E-state index is 13.9. The van der Waals surface area contributed by atoms with Crippen LogP contribution >= 0.6 is 27.5 Å². The second kappa shape index (κ2) is 10.1. The zero-order valence-corrected chi connectivity index (χ0v) is 17.5. The van der Waals surface area contributed by atoms with Gasteiger partial charge in [-0.3, -0.25) is 4.79 Å². The zero-order valence-electron chi connectivity index (χ0n) is 15.1. The molecule has 0 amide bonds. The van der Waals surface area contributed by atoms with Gasteiger partial charge in [0, 0.05) is 22.1 Å². The maximum atomic E-state index is 13.9. The topological polar surface area (TPSA) is 58.6 Å². The van der Waals surface area contributed by atoms with Gasteiger partial charge in [0.15, 0.2) is 0 Å². The highest BCUT2D eigenvalue weighted by Gasteiger charge is 2.19. The predicted molar refractivity (Wildman–Crippen MR) is 108 cm³/mol. The summed E-state index contributed by atoms with van der Waals surface area (Å²) in [5.41, 5.74) is 1.05. The van der Waals surface area contributed by atoms with Gasteiger partial charge in [-0.25, -0.2) is 4.39 Å². The molecular formula is C20H22BrClFNO3. The normalized spacial score (nSPS) is 12.2. The Morgan fingerprint density at radius 2 is 2.07 bits per heavy atom. The second-order valence-electron chi connectivity index (χ2n) is 6.64. The van der Waals surface area contributed by atoms with Crippen LogP contribution in [-0.4, -0.2) is 17.1 Å². The van der Waals surface area contributed by atoms with Crippen molar-refractivity contribution < 1.29 is 19.0 Å². The quantitative estimate of drug-likeness (QED) is 0.527. The van der Waals surface area contributed by atoms with Crippen molar-refractivity contribution in [2.75, 3.05) is 0 Å². The first-order valence-corrected chi connectivity index (χ1v) is 9.75. The Kier molecular flexibility index (Phi) is 8.07. The number of hydrogen-bond donors (Lipinski definition) is 2. The molecule has 4 nitrogen and oxygen atoms in total. The van der Waals surface area contributed by atoms with Gasteiger partial charge in [-0.1, -0.05) is 47.4 Å². The van der Waals surface area contributed by atoms with E-state index in [0.29, 0.717) is 23.7 Å². The highest BCUT2D eigenvalue weighted by Crippen LogP contribution is 2.26. The van der Waals surface area contributed by atoms with Gasteiger partial charge in [-0.15, -0.1) is 0 Å². The highest BCUT2D eigenvalue weighted by atomic mass is 79.9. The summed E-state index contributed by atoms with van der Waals surface area (Å²) in [7, 11) is 0. The van der Waals surface area contributed by atoms with Crippen molar-refractivity contribution in [3.63, 3.8) is 0 Å². The van der Waals surface area contributed by atoms with Crippen LogP contribution in [0.4, 0.5) is 4.39 Å². The lowest BCUT2D eigenvalue weighted by Crippen LogP contribution is -2.37. The molecule has 0 aromatic heterocycles. The summed E-state index contributed by atoms with van der Waals surface area (Å²) >= 11 is 9.45. The minimum absolute atomic E-state index is 0.0194. The monoisotopic (exact) mass is 457 g/mol. The molecule has 0 aliphatic heterocycles. The number of carbonyl (C=O) groups is 1. The number of halogens is 3. The Morgan fingerprint density at radius 1 is 1.33 bits per heavy atom. The number of ether oxygens (including phenoxy) is 1. The molecule has 2 aromatic rings. The molecule has 2 aromatic carbocycles. The van der Waals surface area contributed by atoms with Crippen LogP contribution < -0.4 is 10.1 Å². The molecule has 7 heteroatoms. The van der Waals surface area contributed by atoms with E-state index in [1.807, 2.05) is 26.0 Å². The van der Waals surface area contributed by atoms with Crippen LogP contribution in [0.5, 0.6) is 5.75 Å². The number of rotatable bonds is 9. The molecule has 2 N–H and O–H groups in total. The largest absolute Gasteiger partial charge is 0.488 e. The van der Waals surface area contributed by atoms with Crippen molar-refractivity contribution in [1.29, 1.82) is 0 Å². The van der Waals surface area contributed by atoms with Crippen molar-refractivity contribution in [3.05, 3.63) is 62.8 Å². The average molecular weight is 459 g/mol. The standard InChI is InChI=1S/C20H22BrClFNO3/c1-12(2)8-18(20(25)26)24-10-13-9-14(21)6-7-19(13)27-11-15-16(22)4-3-5-17(15)23/h3-7,9,12,18,24H,8,10-11H2,1-2H3,(H,25,26). The fourth-order valence-electron chi connectivity index (χ4n) is 2.62. The average Bonchev–Trinajstić information content (AvgIpc) is 2.59. The summed E-state index contributed by atoms with van der Waals surface area (Å²) in [6.07, 6.45) is 0.518. The van der Waals surface area contributed by atoms with Gasteiger partial charge < -0.3 is 15.2 Å². The first-order chi connectivity index (χ1) is 12.8. The molecular weight excluding hydrogens is 437 g/mol. The van der Waals surface area contributed by atoms with Crippen LogP contribution in [0.2, 0.25) is 5.02 Å². The molecule has 0 saturated carbocycles. The van der Waals surface area contributed by atoms with Crippen LogP contribution in [0.25, 0.3) is 0 Å². The molecule has 146 valence electrons. The lowest BCUT2D eigenvalue weighted by Gasteiger charge is -2.18. The maximum Gasteiger partial charge on any atom is 0.320 e. The number of benzene rings is 2. The van der Waals surface area contributed by atoms with E-state index < -0.39 is 17.8 Å². The first-order valence-electron chi connectivity index (χ1n) is 8.58. The van der Waals surface area contributed by atoms with E-state index in [0.717, 1.165) is 10.0 Å². The molecule has 0 aliphatic rings. The third-order valence-electron chi connectivity index (χ3n) is 4.00. The van der Waals surface area contributed by atoms with E-state index in [9.17, 15) is 14.3 Å². The van der Waals surface area contributed by atoms with E-state index in [1.165, 1.54) is 12.1 Å². The molecule has 0 saturated heterocycles. The first kappa shape index (κ1) is 21.7. The number of hydrogen-bond acceptors (Lipinski definition) is 3. The van der Waals surface area contributed by atoms with E-state index in [2.05, 4.69) is 21.2 Å². The van der Waals surface area contributed by atoms with Crippen molar-refractivity contribution in [2.45, 2.75) is 39.5 Å². The summed E-state index contributed by atoms with van der Waals surface area (Å²) in [5.74, 6) is -0.528. The molecule has 1 unspecified atom stereocenters. The zero-order chi connectivity index (χ0) is 20.0. The number of nitrogens with one attached hydrogen (secondary N) is 1. The third kappa shape index (κ3) is 6.48. The summed E-state index contributed by atoms with van der Waals surface area (Å²) in [4.78, 5) is 11.4. The molecule has 0 spiro atoms. The van der Waals surface area contributed by atoms with Crippen LogP contribution in [-0.2, 0) is 17.9 Å². The molecule has 0 radical (unpaired) electrons. The smallest absolute Gasteiger partial charge is 0.320 e. The van der Waals surface area contributed by atoms with Gasteiger partial charge in [0.25, 0.3) is 0 Å². The molecule has 0 fully saturated rings. The third-order valence-corrected chi connectivity index (χ3v) is 4.85. The summed E-state index contributed by atoms with van der Waals surface area (Å²) in [5, 5.41) is 12.7. The van der Waals surface area contributed by atoms with E-state index in [1.54, 1.807) is 12.1 Å². The molecule has 0 heterocycles. The summed E-state index contributed by atoms with van der Waals surface area (Å²) in [6.45, 7) is 4.24. The summed E-state index contributed by atoms with van der Waals surface area (Å²) < 4.78 is 20.6. The van der Waals surface area contributed by atoms with Crippen LogP contribution in [0.3, 0.4) is 0 Å². The fraction of sp³-hybridized carbons (Fsp3) is 0.350. The van der Waals surface area contributed by atoms with Gasteiger partial charge >= 0.3 is 5.97 Å². The van der Waals surface area contributed by atoms with Crippen molar-refractivity contribution in [3.8, 4) is 5.75 Å². The Bertz CT molecular complexity index is 781. The second-order valence-corrected chi connectivity index (χ2v) is 7.97. The van der Waals surface area contributed by atoms with E-state index in [4.69, 9.17) is 16.3 Å². The number of aliphatic carboxylic acids is 1. The van der Waals surface area contributed by atoms with Gasteiger partial charge in [-0.05, 0) is 42.7 Å². The molecule has 0 bridgehead atoms. The number of carboxylic acids is 1. The SMILES string of the molecule is CC(C)CC(NCc1cc(Br)ccc1OCc1c(F)cccc1Cl)C(=O)O. The highest BCUT2D eigenvalue weighted by molar-refractivity contribution is 9.10. The molecule has 27 heavy (non-hydrogen) atoms. The lowest BCUT2D eigenvalue weighted by molar-refractivity contribution is -0.140. The van der Waals surface area contributed by atoms with Gasteiger partial charge in [0.2, 0.25) is 0 Å². The Hall–Kier alpha value is -1.63. The number of carboxylic acid groups (broad SMARTS) is 1. The van der Waals surface area contributed by atoms with Gasteiger partial charge in [0.1, 0.15) is 24.2 Å². The Labute approximate surface area is 171 Å². The molecule has 1 atom stereocenters. The minimum Gasteiger partial charge on any atom is -0.488 e. The molecule has 0 aliphatic carbocycles. The lowest BCUT2D eigenvalue weighted by atomic mass is 10.0. The van der Waals surface area contributed by atoms with Crippen LogP contribution in [0.15, 0.2) is 40.9 Å². The molecule has 2 rings (SSSR count). The van der Waals surface area contributed by atoms with E-state index in [-0.39, 0.29) is 18.1 Å². The Morgan fingerprint density at radius 3 is 2.70 bits per heavy atom. The van der Waals surface area contributed by atoms with Crippen LogP contribution in [0.1, 0.15) is 31.4 Å². The minimum atomic E-state index is -0.890. The van der Waals surface area contributed by atoms with Crippen molar-refractivity contribution in [1.82, 2.24) is 5.32 Å².